The molecule has 2 atom stereocenters. The molecule has 0 aliphatic carbocycles. The lowest BCUT2D eigenvalue weighted by Crippen LogP contribution is -2.46. The maximum Gasteiger partial charge on any atom is 0.222 e. The molecule has 1 aliphatic rings. The van der Waals surface area contributed by atoms with Crippen molar-refractivity contribution in [2.24, 2.45) is 11.7 Å². The van der Waals surface area contributed by atoms with Crippen molar-refractivity contribution in [3.05, 3.63) is 22.8 Å². The zero-order valence-corrected chi connectivity index (χ0v) is 11.4. The maximum absolute atomic E-state index is 11.3. The van der Waals surface area contributed by atoms with E-state index in [1.807, 2.05) is 12.1 Å². The Bertz CT molecular complexity index is 424. The van der Waals surface area contributed by atoms with Crippen molar-refractivity contribution >= 4 is 27.7 Å². The van der Waals surface area contributed by atoms with Crippen molar-refractivity contribution in [3.8, 4) is 0 Å². The molecule has 1 amide bonds. The van der Waals surface area contributed by atoms with Gasteiger partial charge in [-0.15, -0.1) is 0 Å². The van der Waals surface area contributed by atoms with Crippen molar-refractivity contribution in [2.75, 3.05) is 11.4 Å². The number of halogens is 1. The molecule has 0 radical (unpaired) electrons. The van der Waals surface area contributed by atoms with Gasteiger partial charge in [0.15, 0.2) is 0 Å². The van der Waals surface area contributed by atoms with Crippen molar-refractivity contribution in [1.29, 1.82) is 0 Å². The SMILES string of the molecule is CC1CCC(C(N)=O)CN1c1cc(Br)ccn1. The molecule has 0 bridgehead atoms. The van der Waals surface area contributed by atoms with E-state index in [2.05, 4.69) is 32.7 Å². The number of amides is 1. The fourth-order valence-electron chi connectivity index (χ4n) is 2.21. The lowest BCUT2D eigenvalue weighted by Gasteiger charge is -2.37. The van der Waals surface area contributed by atoms with E-state index in [4.69, 9.17) is 5.73 Å². The number of carbonyl (C=O) groups is 1. The number of rotatable bonds is 2. The molecule has 1 aromatic heterocycles. The average Bonchev–Trinajstić information content (AvgIpc) is 2.29. The van der Waals surface area contributed by atoms with Gasteiger partial charge in [0.25, 0.3) is 0 Å². The Morgan fingerprint density at radius 3 is 3.00 bits per heavy atom. The molecule has 5 heteroatoms. The van der Waals surface area contributed by atoms with Crippen LogP contribution >= 0.6 is 15.9 Å². The lowest BCUT2D eigenvalue weighted by atomic mass is 9.93. The van der Waals surface area contributed by atoms with E-state index in [-0.39, 0.29) is 11.8 Å². The summed E-state index contributed by atoms with van der Waals surface area (Å²) < 4.78 is 0.996. The van der Waals surface area contributed by atoms with Crippen LogP contribution < -0.4 is 10.6 Å². The van der Waals surface area contributed by atoms with Gasteiger partial charge >= 0.3 is 0 Å². The molecule has 2 N–H and O–H groups in total. The number of hydrogen-bond acceptors (Lipinski definition) is 3. The van der Waals surface area contributed by atoms with Crippen LogP contribution in [-0.4, -0.2) is 23.5 Å². The monoisotopic (exact) mass is 297 g/mol. The van der Waals surface area contributed by atoms with Gasteiger partial charge in [0.1, 0.15) is 5.82 Å². The van der Waals surface area contributed by atoms with Crippen LogP contribution in [0.25, 0.3) is 0 Å². The molecule has 1 fully saturated rings. The topological polar surface area (TPSA) is 59.2 Å². The molecule has 1 aliphatic heterocycles. The third-order valence-electron chi connectivity index (χ3n) is 3.29. The third-order valence-corrected chi connectivity index (χ3v) is 3.78. The van der Waals surface area contributed by atoms with E-state index in [0.29, 0.717) is 12.6 Å². The van der Waals surface area contributed by atoms with E-state index >= 15 is 0 Å². The predicted octanol–water partition coefficient (Wildman–Crippen LogP) is 1.93. The first-order chi connectivity index (χ1) is 8.08. The summed E-state index contributed by atoms with van der Waals surface area (Å²) in [5.74, 6) is 0.627. The number of aromatic nitrogens is 1. The minimum Gasteiger partial charge on any atom is -0.369 e. The van der Waals surface area contributed by atoms with E-state index in [1.165, 1.54) is 0 Å². The van der Waals surface area contributed by atoms with Gasteiger partial charge in [-0.25, -0.2) is 4.98 Å². The quantitative estimate of drug-likeness (QED) is 0.907. The van der Waals surface area contributed by atoms with Gasteiger partial charge in [0, 0.05) is 23.3 Å². The molecule has 2 rings (SSSR count). The summed E-state index contributed by atoms with van der Waals surface area (Å²) in [5, 5.41) is 0. The Balaban J connectivity index is 2.20. The molecule has 0 spiro atoms. The van der Waals surface area contributed by atoms with Crippen LogP contribution in [0.5, 0.6) is 0 Å². The second-order valence-corrected chi connectivity index (χ2v) is 5.43. The zero-order valence-electron chi connectivity index (χ0n) is 9.77. The fraction of sp³-hybridized carbons (Fsp3) is 0.500. The molecule has 4 nitrogen and oxygen atoms in total. The first kappa shape index (κ1) is 12.4. The van der Waals surface area contributed by atoms with Crippen molar-refractivity contribution in [3.63, 3.8) is 0 Å². The van der Waals surface area contributed by atoms with Crippen LogP contribution in [0.15, 0.2) is 22.8 Å². The molecular formula is C12H16BrN3O. The fourth-order valence-corrected chi connectivity index (χ4v) is 2.53. The third kappa shape index (κ3) is 2.77. The van der Waals surface area contributed by atoms with Gasteiger partial charge < -0.3 is 10.6 Å². The number of pyridine rings is 1. The Hall–Kier alpha value is -1.10. The molecule has 2 unspecified atom stereocenters. The Morgan fingerprint density at radius 1 is 1.59 bits per heavy atom. The standard InChI is InChI=1S/C12H16BrN3O/c1-8-2-3-9(12(14)17)7-16(8)11-6-10(13)4-5-15-11/h4-6,8-9H,2-3,7H2,1H3,(H2,14,17). The molecule has 1 saturated heterocycles. The normalized spacial score (nSPS) is 24.7. The van der Waals surface area contributed by atoms with Crippen molar-refractivity contribution in [1.82, 2.24) is 4.98 Å². The second kappa shape index (κ2) is 5.04. The number of hydrogen-bond donors (Lipinski definition) is 1. The molecule has 0 saturated carbocycles. The number of primary amides is 1. The minimum absolute atomic E-state index is 0.0630. The molecule has 17 heavy (non-hydrogen) atoms. The summed E-state index contributed by atoms with van der Waals surface area (Å²) >= 11 is 3.43. The molecular weight excluding hydrogens is 282 g/mol. The molecule has 92 valence electrons. The van der Waals surface area contributed by atoms with Gasteiger partial charge in [-0.2, -0.15) is 0 Å². The van der Waals surface area contributed by atoms with E-state index < -0.39 is 0 Å². The van der Waals surface area contributed by atoms with Gasteiger partial charge in [-0.1, -0.05) is 15.9 Å². The summed E-state index contributed by atoms with van der Waals surface area (Å²) in [6, 6.07) is 4.26. The van der Waals surface area contributed by atoms with Gasteiger partial charge in [-0.05, 0) is 31.9 Å². The van der Waals surface area contributed by atoms with Gasteiger partial charge in [-0.3, -0.25) is 4.79 Å². The summed E-state index contributed by atoms with van der Waals surface area (Å²) in [7, 11) is 0. The smallest absolute Gasteiger partial charge is 0.222 e. The van der Waals surface area contributed by atoms with Crippen LogP contribution in [0.2, 0.25) is 0 Å². The highest BCUT2D eigenvalue weighted by Crippen LogP contribution is 2.27. The number of carbonyl (C=O) groups excluding carboxylic acids is 1. The Labute approximate surface area is 109 Å². The Kier molecular flexibility index (Phi) is 3.66. The summed E-state index contributed by atoms with van der Waals surface area (Å²) in [6.45, 7) is 2.82. The number of piperidine rings is 1. The summed E-state index contributed by atoms with van der Waals surface area (Å²) in [6.07, 6.45) is 3.61. The second-order valence-electron chi connectivity index (χ2n) is 4.51. The van der Waals surface area contributed by atoms with Crippen LogP contribution in [0, 0.1) is 5.92 Å². The largest absolute Gasteiger partial charge is 0.369 e. The lowest BCUT2D eigenvalue weighted by molar-refractivity contribution is -0.122. The number of anilines is 1. The summed E-state index contributed by atoms with van der Waals surface area (Å²) in [4.78, 5) is 17.8. The van der Waals surface area contributed by atoms with E-state index in [1.54, 1.807) is 6.20 Å². The first-order valence-corrected chi connectivity index (χ1v) is 6.54. The van der Waals surface area contributed by atoms with Crippen LogP contribution in [-0.2, 0) is 4.79 Å². The van der Waals surface area contributed by atoms with Gasteiger partial charge in [0.05, 0.1) is 5.92 Å². The summed E-state index contributed by atoms with van der Waals surface area (Å²) in [5.41, 5.74) is 5.39. The van der Waals surface area contributed by atoms with E-state index in [0.717, 1.165) is 23.1 Å². The molecule has 2 heterocycles. The maximum atomic E-state index is 11.3. The predicted molar refractivity (Wildman–Crippen MR) is 70.7 cm³/mol. The van der Waals surface area contributed by atoms with E-state index in [9.17, 15) is 4.79 Å². The zero-order chi connectivity index (χ0) is 12.4. The number of nitrogens with zero attached hydrogens (tertiary/aromatic N) is 2. The molecule has 0 aromatic carbocycles. The van der Waals surface area contributed by atoms with Crippen molar-refractivity contribution < 1.29 is 4.79 Å². The van der Waals surface area contributed by atoms with Crippen LogP contribution in [0.3, 0.4) is 0 Å². The first-order valence-electron chi connectivity index (χ1n) is 5.75. The average molecular weight is 298 g/mol. The Morgan fingerprint density at radius 2 is 2.35 bits per heavy atom. The highest BCUT2D eigenvalue weighted by Gasteiger charge is 2.29. The van der Waals surface area contributed by atoms with Crippen molar-refractivity contribution in [2.45, 2.75) is 25.8 Å². The highest BCUT2D eigenvalue weighted by atomic mass is 79.9. The minimum atomic E-state index is -0.211. The van der Waals surface area contributed by atoms with Gasteiger partial charge in [0.2, 0.25) is 5.91 Å². The highest BCUT2D eigenvalue weighted by molar-refractivity contribution is 9.10. The number of nitrogens with two attached hydrogens (primary N) is 1. The van der Waals surface area contributed by atoms with Crippen LogP contribution in [0.1, 0.15) is 19.8 Å². The molecule has 1 aromatic rings. The van der Waals surface area contributed by atoms with Crippen LogP contribution in [0.4, 0.5) is 5.82 Å².